The first-order chi connectivity index (χ1) is 8.43. The summed E-state index contributed by atoms with van der Waals surface area (Å²) in [6.45, 7) is 7.87. The minimum Gasteiger partial charge on any atom is -0.496 e. The number of nitrogens with zero attached hydrogens (tertiary/aromatic N) is 1. The molecule has 1 aromatic rings. The second-order valence-electron chi connectivity index (χ2n) is 4.66. The van der Waals surface area contributed by atoms with Crippen LogP contribution in [-0.4, -0.2) is 37.3 Å². The number of methoxy groups -OCH3 is 1. The highest BCUT2D eigenvalue weighted by Crippen LogP contribution is 2.36. The minimum absolute atomic E-state index is 0.171. The van der Waals surface area contributed by atoms with Crippen molar-refractivity contribution in [1.29, 1.82) is 0 Å². The summed E-state index contributed by atoms with van der Waals surface area (Å²) in [7, 11) is 3.71. The van der Waals surface area contributed by atoms with Crippen LogP contribution < -0.4 is 4.74 Å². The fourth-order valence-electron chi connectivity index (χ4n) is 2.13. The van der Waals surface area contributed by atoms with E-state index in [-0.39, 0.29) is 6.61 Å². The molecule has 0 aliphatic heterocycles. The van der Waals surface area contributed by atoms with Crippen LogP contribution in [0.4, 0.5) is 0 Å². The molecule has 0 unspecified atom stereocenters. The Hall–Kier alpha value is -0.580. The minimum atomic E-state index is 0.171. The van der Waals surface area contributed by atoms with Crippen molar-refractivity contribution in [2.75, 3.05) is 27.3 Å². The number of hydrogen-bond acceptors (Lipinski definition) is 3. The molecule has 102 valence electrons. The summed E-state index contributed by atoms with van der Waals surface area (Å²) >= 11 is 3.65. The maximum absolute atomic E-state index is 8.98. The lowest BCUT2D eigenvalue weighted by molar-refractivity contribution is 0.215. The molecule has 1 rings (SSSR count). The van der Waals surface area contributed by atoms with Gasteiger partial charge in [-0.3, -0.25) is 4.90 Å². The third kappa shape index (κ3) is 3.05. The third-order valence-corrected chi connectivity index (χ3v) is 4.59. The van der Waals surface area contributed by atoms with Crippen molar-refractivity contribution in [2.24, 2.45) is 0 Å². The zero-order valence-corrected chi connectivity index (χ0v) is 13.4. The van der Waals surface area contributed by atoms with E-state index < -0.39 is 0 Å². The molecule has 0 aromatic heterocycles. The van der Waals surface area contributed by atoms with Gasteiger partial charge in [-0.25, -0.2) is 0 Å². The Morgan fingerprint density at radius 1 is 1.17 bits per heavy atom. The lowest BCUT2D eigenvalue weighted by atomic mass is 9.98. The highest BCUT2D eigenvalue weighted by Gasteiger charge is 2.17. The van der Waals surface area contributed by atoms with Crippen molar-refractivity contribution in [3.8, 4) is 5.75 Å². The topological polar surface area (TPSA) is 32.7 Å². The van der Waals surface area contributed by atoms with E-state index in [4.69, 9.17) is 9.84 Å². The molecule has 0 spiro atoms. The summed E-state index contributed by atoms with van der Waals surface area (Å²) in [4.78, 5) is 2.09. The third-order valence-electron chi connectivity index (χ3n) is 3.40. The Bertz CT molecular complexity index is 433. The molecule has 0 atom stereocenters. The normalized spacial score (nSPS) is 11.1. The Balaban J connectivity index is 3.24. The maximum Gasteiger partial charge on any atom is 0.126 e. The van der Waals surface area contributed by atoms with E-state index in [2.05, 4.69) is 41.6 Å². The number of halogens is 1. The molecule has 0 bridgehead atoms. The van der Waals surface area contributed by atoms with E-state index in [0.29, 0.717) is 6.54 Å². The molecule has 0 aliphatic rings. The van der Waals surface area contributed by atoms with Crippen LogP contribution in [0.3, 0.4) is 0 Å². The Morgan fingerprint density at radius 2 is 1.78 bits per heavy atom. The molecule has 0 saturated carbocycles. The summed E-state index contributed by atoms with van der Waals surface area (Å²) < 4.78 is 6.71. The van der Waals surface area contributed by atoms with E-state index in [0.717, 1.165) is 16.8 Å². The second-order valence-corrected chi connectivity index (χ2v) is 5.46. The van der Waals surface area contributed by atoms with Gasteiger partial charge in [-0.1, -0.05) is 15.9 Å². The van der Waals surface area contributed by atoms with Gasteiger partial charge in [0.05, 0.1) is 13.7 Å². The van der Waals surface area contributed by atoms with Crippen molar-refractivity contribution >= 4 is 15.9 Å². The smallest absolute Gasteiger partial charge is 0.126 e. The summed E-state index contributed by atoms with van der Waals surface area (Å²) in [5, 5.41) is 8.98. The van der Waals surface area contributed by atoms with Gasteiger partial charge in [0, 0.05) is 23.1 Å². The van der Waals surface area contributed by atoms with E-state index >= 15 is 0 Å². The SMILES string of the molecule is COc1c(C)c(C)c(Br)c(C)c1CN(C)CCO. The molecule has 1 N–H and O–H groups in total. The largest absolute Gasteiger partial charge is 0.496 e. The standard InChI is InChI=1S/C14H22BrNO2/c1-9-10(2)14(18-5)12(11(3)13(9)15)8-16(4)6-7-17/h17H,6-8H2,1-5H3. The zero-order chi connectivity index (χ0) is 13.9. The maximum atomic E-state index is 8.98. The molecule has 18 heavy (non-hydrogen) atoms. The van der Waals surface area contributed by atoms with Gasteiger partial charge in [0.15, 0.2) is 0 Å². The van der Waals surface area contributed by atoms with Crippen LogP contribution in [0, 0.1) is 20.8 Å². The summed E-state index contributed by atoms with van der Waals surface area (Å²) in [6, 6.07) is 0. The number of likely N-dealkylation sites (N-methyl/N-ethyl adjacent to an activating group) is 1. The van der Waals surface area contributed by atoms with E-state index in [1.54, 1.807) is 7.11 Å². The van der Waals surface area contributed by atoms with Gasteiger partial charge in [-0.15, -0.1) is 0 Å². The molecule has 0 amide bonds. The Labute approximate surface area is 118 Å². The first-order valence-electron chi connectivity index (χ1n) is 6.05. The van der Waals surface area contributed by atoms with Crippen molar-refractivity contribution in [3.63, 3.8) is 0 Å². The summed E-state index contributed by atoms with van der Waals surface area (Å²) in [5.74, 6) is 0.956. The highest BCUT2D eigenvalue weighted by atomic mass is 79.9. The van der Waals surface area contributed by atoms with Gasteiger partial charge < -0.3 is 9.84 Å². The molecule has 4 heteroatoms. The van der Waals surface area contributed by atoms with Gasteiger partial charge >= 0.3 is 0 Å². The second kappa shape index (κ2) is 6.55. The van der Waals surface area contributed by atoms with Gasteiger partial charge in [0.25, 0.3) is 0 Å². The highest BCUT2D eigenvalue weighted by molar-refractivity contribution is 9.10. The molecule has 0 fully saturated rings. The van der Waals surface area contributed by atoms with Crippen molar-refractivity contribution < 1.29 is 9.84 Å². The number of benzene rings is 1. The molecule has 0 saturated heterocycles. The predicted octanol–water partition coefficient (Wildman–Crippen LogP) is 2.81. The van der Waals surface area contributed by atoms with Gasteiger partial charge in [-0.05, 0) is 44.5 Å². The van der Waals surface area contributed by atoms with Gasteiger partial charge in [0.2, 0.25) is 0 Å². The van der Waals surface area contributed by atoms with Crippen molar-refractivity contribution in [1.82, 2.24) is 4.90 Å². The molecule has 0 aliphatic carbocycles. The zero-order valence-electron chi connectivity index (χ0n) is 11.8. The summed E-state index contributed by atoms with van der Waals surface area (Å²) in [6.07, 6.45) is 0. The van der Waals surface area contributed by atoms with Crippen LogP contribution in [0.5, 0.6) is 5.75 Å². The molecule has 0 radical (unpaired) electrons. The molecule has 1 aromatic carbocycles. The average Bonchev–Trinajstić information content (AvgIpc) is 2.34. The lowest BCUT2D eigenvalue weighted by Crippen LogP contribution is -2.22. The van der Waals surface area contributed by atoms with Crippen LogP contribution in [0.1, 0.15) is 22.3 Å². The average molecular weight is 316 g/mol. The fraction of sp³-hybridized carbons (Fsp3) is 0.571. The van der Waals surface area contributed by atoms with Crippen LogP contribution in [0.25, 0.3) is 0 Å². The first-order valence-corrected chi connectivity index (χ1v) is 6.84. The van der Waals surface area contributed by atoms with E-state index in [1.165, 1.54) is 22.3 Å². The Morgan fingerprint density at radius 3 is 2.28 bits per heavy atom. The molecular weight excluding hydrogens is 294 g/mol. The van der Waals surface area contributed by atoms with Crippen molar-refractivity contribution in [3.05, 3.63) is 26.7 Å². The number of aliphatic hydroxyl groups is 1. The molecule has 0 heterocycles. The quantitative estimate of drug-likeness (QED) is 0.907. The van der Waals surface area contributed by atoms with E-state index in [9.17, 15) is 0 Å². The monoisotopic (exact) mass is 315 g/mol. The van der Waals surface area contributed by atoms with Crippen molar-refractivity contribution in [2.45, 2.75) is 27.3 Å². The number of rotatable bonds is 5. The summed E-state index contributed by atoms with van der Waals surface area (Å²) in [5.41, 5.74) is 4.78. The van der Waals surface area contributed by atoms with Crippen LogP contribution in [0.15, 0.2) is 4.47 Å². The van der Waals surface area contributed by atoms with Crippen LogP contribution in [0.2, 0.25) is 0 Å². The Kier molecular flexibility index (Phi) is 5.63. The van der Waals surface area contributed by atoms with Crippen LogP contribution >= 0.6 is 15.9 Å². The van der Waals surface area contributed by atoms with Gasteiger partial charge in [0.1, 0.15) is 5.75 Å². The molecule has 3 nitrogen and oxygen atoms in total. The number of hydrogen-bond donors (Lipinski definition) is 1. The number of aliphatic hydroxyl groups excluding tert-OH is 1. The fourth-order valence-corrected chi connectivity index (χ4v) is 2.67. The predicted molar refractivity (Wildman–Crippen MR) is 78.3 cm³/mol. The van der Waals surface area contributed by atoms with Crippen LogP contribution in [-0.2, 0) is 6.54 Å². The lowest BCUT2D eigenvalue weighted by Gasteiger charge is -2.22. The van der Waals surface area contributed by atoms with E-state index in [1.807, 2.05) is 7.05 Å². The number of ether oxygens (including phenoxy) is 1. The van der Waals surface area contributed by atoms with Gasteiger partial charge in [-0.2, -0.15) is 0 Å². The first kappa shape index (κ1) is 15.5. The molecular formula is C14H22BrNO2.